The summed E-state index contributed by atoms with van der Waals surface area (Å²) in [4.78, 5) is 104. The van der Waals surface area contributed by atoms with Gasteiger partial charge in [0.1, 0.15) is 5.78 Å². The number of unbranched alkanes of at least 4 members (excludes halogenated alkanes) is 3. The molecule has 2 aromatic heterocycles. The van der Waals surface area contributed by atoms with Crippen molar-refractivity contribution in [3.63, 3.8) is 0 Å². The molecule has 3 fully saturated rings. The molecule has 5 heterocycles. The molecule has 440 valence electrons. The Morgan fingerprint density at radius 3 is 2.21 bits per heavy atom. The zero-order valence-corrected chi connectivity index (χ0v) is 47.9. The number of nitrogens with one attached hydrogen (secondary N) is 3. The van der Waals surface area contributed by atoms with Gasteiger partial charge in [-0.15, -0.1) is 0 Å². The number of benzene rings is 2. The van der Waals surface area contributed by atoms with Crippen LogP contribution < -0.4 is 21.5 Å². The molecule has 5 amide bonds. The van der Waals surface area contributed by atoms with Crippen molar-refractivity contribution in [3.05, 3.63) is 74.9 Å². The van der Waals surface area contributed by atoms with Crippen LogP contribution >= 0.6 is 11.6 Å². The lowest BCUT2D eigenvalue weighted by atomic mass is 9.91. The molecule has 2 aromatic carbocycles. The highest BCUT2D eigenvalue weighted by Gasteiger charge is 2.35. The number of halogens is 1. The third-order valence-electron chi connectivity index (χ3n) is 16.3. The normalized spacial score (nSPS) is 18.2. The topological polar surface area (TPSA) is 244 Å². The van der Waals surface area contributed by atoms with Crippen molar-refractivity contribution in [1.82, 2.24) is 39.9 Å². The minimum atomic E-state index is -1.20. The summed E-state index contributed by atoms with van der Waals surface area (Å²) in [6.07, 6.45) is 14.2. The van der Waals surface area contributed by atoms with Gasteiger partial charge < -0.3 is 45.1 Å². The first-order valence-electron chi connectivity index (χ1n) is 29.4. The van der Waals surface area contributed by atoms with Crippen LogP contribution in [0.3, 0.4) is 0 Å². The molecule has 20 nitrogen and oxygen atoms in total. The Bertz CT molecular complexity index is 2890. The summed E-state index contributed by atoms with van der Waals surface area (Å²) in [5.74, 6) is 0.388. The average Bonchev–Trinajstić information content (AvgIpc) is 4.02. The number of hydrogen-bond acceptors (Lipinski definition) is 14. The molecule has 81 heavy (non-hydrogen) atoms. The molecule has 0 bridgehead atoms. The summed E-state index contributed by atoms with van der Waals surface area (Å²) in [6, 6.07) is 10.6. The molecule has 3 aliphatic heterocycles. The number of piperazine rings is 1. The van der Waals surface area contributed by atoms with Crippen molar-refractivity contribution in [2.24, 2.45) is 5.92 Å². The number of nitrogens with zero attached hydrogens (tertiary/aromatic N) is 6. The Morgan fingerprint density at radius 1 is 0.753 bits per heavy atom. The van der Waals surface area contributed by atoms with E-state index < -0.39 is 5.60 Å². The zero-order chi connectivity index (χ0) is 57.1. The van der Waals surface area contributed by atoms with Crippen LogP contribution in [0.1, 0.15) is 131 Å². The molecule has 0 spiro atoms. The molecule has 3 saturated heterocycles. The largest absolute Gasteiger partial charge is 0.388 e. The Hall–Kier alpha value is -5.90. The van der Waals surface area contributed by atoms with Crippen molar-refractivity contribution in [2.45, 2.75) is 141 Å². The average molecular weight is 1140 g/mol. The van der Waals surface area contributed by atoms with Gasteiger partial charge in [0.2, 0.25) is 23.6 Å². The summed E-state index contributed by atoms with van der Waals surface area (Å²) in [5.41, 5.74) is 2.77. The summed E-state index contributed by atoms with van der Waals surface area (Å²) in [6.45, 7) is 7.84. The summed E-state index contributed by atoms with van der Waals surface area (Å²) in [7, 11) is 0. The summed E-state index contributed by atoms with van der Waals surface area (Å²) in [5, 5.41) is 22.3. The molecular weight excluding hydrogens is 1060 g/mol. The first-order valence-corrected chi connectivity index (χ1v) is 29.8. The maximum Gasteiger partial charge on any atom is 0.261 e. The third-order valence-corrected chi connectivity index (χ3v) is 16.7. The Kier molecular flexibility index (Phi) is 23.0. The third kappa shape index (κ3) is 18.0. The van der Waals surface area contributed by atoms with Crippen LogP contribution in [0.15, 0.2) is 47.5 Å². The molecule has 8 rings (SSSR count). The van der Waals surface area contributed by atoms with Gasteiger partial charge in [0.05, 0.1) is 85.9 Å². The number of fused-ring (bicyclic) bond motifs is 3. The first kappa shape index (κ1) is 61.2. The van der Waals surface area contributed by atoms with Gasteiger partial charge in [0, 0.05) is 106 Å². The highest BCUT2D eigenvalue weighted by molar-refractivity contribution is 6.36. The second-order valence-corrected chi connectivity index (χ2v) is 22.7. The second-order valence-electron chi connectivity index (χ2n) is 22.4. The number of carbonyl (C=O) groups excluding carboxylic acids is 6. The van der Waals surface area contributed by atoms with Crippen molar-refractivity contribution in [3.8, 4) is 0 Å². The van der Waals surface area contributed by atoms with Gasteiger partial charge in [-0.05, 0) is 119 Å². The molecule has 0 saturated carbocycles. The molecule has 4 aromatic rings. The van der Waals surface area contributed by atoms with Gasteiger partial charge in [-0.2, -0.15) is 0 Å². The van der Waals surface area contributed by atoms with Gasteiger partial charge in [0.25, 0.3) is 11.5 Å². The number of rotatable bonds is 30. The maximum atomic E-state index is 13.6. The number of aryl methyl sites for hydroxylation is 1. The SMILES string of the molecule is CC1NC(=O)CC1CCCCCC(=O)CCCOCCOCCOCCC(=O)N1CCN(CC(=O)Nc2ccc3c(=O)n(CC4(O)CCN(C(=O)CCCCNC(=O)c5ccc6c(Cl)c7c(nc6c5)CCCC7)CC4)cnc3c2)CC1. The van der Waals surface area contributed by atoms with E-state index in [9.17, 15) is 38.7 Å². The van der Waals surface area contributed by atoms with E-state index in [1.165, 1.54) is 10.9 Å². The zero-order valence-electron chi connectivity index (χ0n) is 47.1. The second kappa shape index (κ2) is 30.4. The maximum absolute atomic E-state index is 13.6. The Balaban J connectivity index is 0.631. The minimum absolute atomic E-state index is 0.00399. The van der Waals surface area contributed by atoms with E-state index in [0.29, 0.717) is 165 Å². The number of aliphatic hydroxyl groups is 1. The van der Waals surface area contributed by atoms with Crippen LogP contribution in [-0.4, -0.2) is 173 Å². The van der Waals surface area contributed by atoms with Crippen molar-refractivity contribution < 1.29 is 48.1 Å². The van der Waals surface area contributed by atoms with Gasteiger partial charge in [-0.3, -0.25) is 48.0 Å². The van der Waals surface area contributed by atoms with E-state index in [1.54, 1.807) is 40.1 Å². The van der Waals surface area contributed by atoms with Gasteiger partial charge in [-0.25, -0.2) is 4.98 Å². The fourth-order valence-electron chi connectivity index (χ4n) is 11.4. The fraction of sp³-hybridized carbons (Fsp3) is 0.617. The van der Waals surface area contributed by atoms with E-state index >= 15 is 0 Å². The number of anilines is 1. The predicted molar refractivity (Wildman–Crippen MR) is 308 cm³/mol. The number of ether oxygens (including phenoxy) is 3. The lowest BCUT2D eigenvalue weighted by Gasteiger charge is -2.38. The van der Waals surface area contributed by atoms with Crippen LogP contribution in [0.25, 0.3) is 21.8 Å². The van der Waals surface area contributed by atoms with Gasteiger partial charge >= 0.3 is 0 Å². The van der Waals surface area contributed by atoms with Gasteiger partial charge in [-0.1, -0.05) is 30.5 Å². The smallest absolute Gasteiger partial charge is 0.261 e. The number of likely N-dealkylation sites (tertiary alicyclic amines) is 1. The number of ketones is 1. The number of Topliss-reactive ketones (excluding diaryl/α,β-unsaturated/α-hetero) is 1. The molecule has 21 heteroatoms. The van der Waals surface area contributed by atoms with Crippen molar-refractivity contribution in [2.75, 3.05) is 97.3 Å². The van der Waals surface area contributed by atoms with Crippen LogP contribution in [0.5, 0.6) is 0 Å². The first-order chi connectivity index (χ1) is 39.2. The number of amides is 5. The minimum Gasteiger partial charge on any atom is -0.388 e. The highest BCUT2D eigenvalue weighted by atomic mass is 35.5. The predicted octanol–water partition coefficient (Wildman–Crippen LogP) is 5.78. The number of piperidine rings is 1. The van der Waals surface area contributed by atoms with Crippen molar-refractivity contribution in [1.29, 1.82) is 0 Å². The number of pyridine rings is 1. The lowest BCUT2D eigenvalue weighted by Crippen LogP contribution is -2.50. The van der Waals surface area contributed by atoms with Crippen molar-refractivity contribution >= 4 is 74.4 Å². The summed E-state index contributed by atoms with van der Waals surface area (Å²) >= 11 is 6.71. The number of aromatic nitrogens is 3. The molecule has 1 aliphatic carbocycles. The molecule has 2 unspecified atom stereocenters. The summed E-state index contributed by atoms with van der Waals surface area (Å²) < 4.78 is 18.2. The van der Waals surface area contributed by atoms with E-state index in [2.05, 4.69) is 27.9 Å². The number of carbonyl (C=O) groups is 6. The Morgan fingerprint density at radius 2 is 1.44 bits per heavy atom. The highest BCUT2D eigenvalue weighted by Crippen LogP contribution is 2.33. The Labute approximate surface area is 479 Å². The molecule has 4 N–H and O–H groups in total. The molecule has 0 radical (unpaired) electrons. The van der Waals surface area contributed by atoms with Crippen LogP contribution in [0.2, 0.25) is 5.02 Å². The standard InChI is InChI=1S/C60H82ClN9O11/c1-42-43(37-53(72)64-42)10-3-2-4-11-46(71)12-9-30-79-32-34-81-35-33-80-31-20-56(75)69-28-26-67(27-29-69)39-54(73)65-45-17-19-49-51(38-45)63-41-70(59(49)77)40-60(78)21-24-68(25-22-60)55(74)15-7-8-23-62-58(76)44-16-18-48-52(36-44)66-50-14-6-5-13-47(50)57(48)61/h16-19,36,38,41-43,78H,2-15,20-35,37,39-40H2,1H3,(H,62,76)(H,64,72)(H,65,73). The molecule has 2 atom stereocenters. The van der Waals surface area contributed by atoms with E-state index in [4.69, 9.17) is 30.8 Å². The van der Waals surface area contributed by atoms with E-state index in [0.717, 1.165) is 78.5 Å². The monoisotopic (exact) mass is 1140 g/mol. The van der Waals surface area contributed by atoms with Crippen LogP contribution in [-0.2, 0) is 57.6 Å². The quantitative estimate of drug-likeness (QED) is 0.0453. The van der Waals surface area contributed by atoms with E-state index in [1.807, 2.05) is 11.0 Å². The van der Waals surface area contributed by atoms with Gasteiger partial charge in [0.15, 0.2) is 0 Å². The lowest BCUT2D eigenvalue weighted by molar-refractivity contribution is -0.136. The molecule has 4 aliphatic rings. The van der Waals surface area contributed by atoms with Crippen LogP contribution in [0.4, 0.5) is 5.69 Å². The van der Waals surface area contributed by atoms with Crippen LogP contribution in [0, 0.1) is 5.92 Å². The number of hydrogen-bond donors (Lipinski definition) is 4. The fourth-order valence-corrected chi connectivity index (χ4v) is 11.7. The molecular formula is C60H82ClN9O11. The van der Waals surface area contributed by atoms with E-state index in [-0.39, 0.29) is 73.0 Å².